The monoisotopic (exact) mass is 541 g/mol. The van der Waals surface area contributed by atoms with E-state index in [4.69, 9.17) is 17.3 Å². The molecule has 5 aromatic rings. The van der Waals surface area contributed by atoms with Gasteiger partial charge in [0.25, 0.3) is 11.5 Å². The van der Waals surface area contributed by atoms with Gasteiger partial charge in [0.1, 0.15) is 22.6 Å². The van der Waals surface area contributed by atoms with Crippen molar-refractivity contribution in [2.24, 2.45) is 7.05 Å². The number of hydrogen-bond donors (Lipinski definition) is 3. The Kier molecular flexibility index (Phi) is 5.99. The normalized spacial score (nSPS) is 13.0. The number of nitrogen functional groups attached to an aromatic ring is 1. The Morgan fingerprint density at radius 3 is 2.64 bits per heavy atom. The smallest absolute Gasteiger partial charge is 0.284 e. The molecule has 6 rings (SSSR count). The number of aromatic amines is 1. The topological polar surface area (TPSA) is 149 Å². The van der Waals surface area contributed by atoms with Gasteiger partial charge < -0.3 is 11.1 Å². The highest BCUT2D eigenvalue weighted by Crippen LogP contribution is 2.40. The number of nitrogens with zero attached hydrogens (tertiary/aromatic N) is 6. The molecule has 0 saturated heterocycles. The zero-order valence-electron chi connectivity index (χ0n) is 21.1. The first-order valence-electron chi connectivity index (χ1n) is 12.3. The first-order valence-corrected chi connectivity index (χ1v) is 12.7. The number of nitrogens with one attached hydrogen (secondary N) is 2. The molecular weight excluding hydrogens is 518 g/mol. The summed E-state index contributed by atoms with van der Waals surface area (Å²) < 4.78 is 3.02. The summed E-state index contributed by atoms with van der Waals surface area (Å²) in [7, 11) is 1.71. The molecule has 1 aromatic carbocycles. The van der Waals surface area contributed by atoms with Crippen molar-refractivity contribution in [1.82, 2.24) is 34.5 Å². The molecule has 1 amide bonds. The van der Waals surface area contributed by atoms with Crippen LogP contribution in [0.4, 0.5) is 11.5 Å². The van der Waals surface area contributed by atoms with Crippen molar-refractivity contribution < 1.29 is 4.79 Å². The van der Waals surface area contributed by atoms with E-state index < -0.39 is 11.5 Å². The summed E-state index contributed by atoms with van der Waals surface area (Å²) in [5.41, 5.74) is 10.4. The van der Waals surface area contributed by atoms with E-state index in [1.807, 2.05) is 6.07 Å². The van der Waals surface area contributed by atoms with Gasteiger partial charge in [-0.25, -0.2) is 14.6 Å². The number of benzene rings is 1. The summed E-state index contributed by atoms with van der Waals surface area (Å²) in [6.45, 7) is 1.71. The van der Waals surface area contributed by atoms with E-state index >= 15 is 0 Å². The van der Waals surface area contributed by atoms with E-state index in [1.54, 1.807) is 61.2 Å². The van der Waals surface area contributed by atoms with Gasteiger partial charge >= 0.3 is 0 Å². The molecule has 1 fully saturated rings. The highest BCUT2D eigenvalue weighted by Gasteiger charge is 2.26. The maximum atomic E-state index is 13.2. The van der Waals surface area contributed by atoms with Gasteiger partial charge in [-0.15, -0.1) is 0 Å². The summed E-state index contributed by atoms with van der Waals surface area (Å²) in [6, 6.07) is 12.2. The van der Waals surface area contributed by atoms with Crippen LogP contribution >= 0.6 is 11.6 Å². The Balaban J connectivity index is 1.24. The zero-order chi connectivity index (χ0) is 27.3. The van der Waals surface area contributed by atoms with Gasteiger partial charge in [-0.2, -0.15) is 5.10 Å². The molecule has 1 saturated carbocycles. The number of anilines is 2. The van der Waals surface area contributed by atoms with E-state index in [0.717, 1.165) is 18.5 Å². The maximum absolute atomic E-state index is 13.2. The quantitative estimate of drug-likeness (QED) is 0.293. The van der Waals surface area contributed by atoms with E-state index in [-0.39, 0.29) is 11.4 Å². The van der Waals surface area contributed by atoms with Crippen molar-refractivity contribution in [1.29, 1.82) is 0 Å². The minimum absolute atomic E-state index is 0.0222. The SMILES string of the molecule is Cc1c(C(=O)Nc2ccc(-c3nc(-c4cc(C5CC5)[nH]n4)cnc3N)nc2)c(=O)n(-c2cccc(Cl)c2)n1C. The molecule has 0 atom stereocenters. The van der Waals surface area contributed by atoms with Crippen LogP contribution in [-0.4, -0.2) is 40.4 Å². The Hall–Kier alpha value is -4.77. The van der Waals surface area contributed by atoms with E-state index in [1.165, 1.54) is 10.9 Å². The number of halogens is 1. The highest BCUT2D eigenvalue weighted by molar-refractivity contribution is 6.30. The van der Waals surface area contributed by atoms with Gasteiger partial charge in [-0.05, 0) is 56.2 Å². The number of carbonyl (C=O) groups is 1. The molecule has 4 aromatic heterocycles. The van der Waals surface area contributed by atoms with Crippen LogP contribution in [0.3, 0.4) is 0 Å². The number of H-pyrrole nitrogens is 1. The Morgan fingerprint density at radius 2 is 1.92 bits per heavy atom. The number of carbonyl (C=O) groups excluding carboxylic acids is 1. The number of hydrogen-bond acceptors (Lipinski definition) is 7. The second kappa shape index (κ2) is 9.52. The average molecular weight is 542 g/mol. The Bertz CT molecular complexity index is 1780. The molecule has 0 spiro atoms. The van der Waals surface area contributed by atoms with Gasteiger partial charge in [0.15, 0.2) is 5.82 Å². The van der Waals surface area contributed by atoms with E-state index in [9.17, 15) is 9.59 Å². The fraction of sp³-hybridized carbons (Fsp3) is 0.185. The van der Waals surface area contributed by atoms with Crippen LogP contribution in [0.15, 0.2) is 59.7 Å². The third-order valence-corrected chi connectivity index (χ3v) is 7.01. The Labute approximate surface area is 227 Å². The molecule has 12 heteroatoms. The van der Waals surface area contributed by atoms with Crippen molar-refractivity contribution in [3.05, 3.63) is 87.2 Å². The largest absolute Gasteiger partial charge is 0.382 e. The standard InChI is InChI=1S/C27H24ClN9O2/c1-14-23(27(39)37(36(14)2)18-5-3-4-16(28)10-18)26(38)32-17-8-9-19(30-12-17)24-25(29)31-13-22(33-24)21-11-20(34-35-21)15-6-7-15/h3-5,8-13,15H,6-7H2,1-2H3,(H2,29,31)(H,32,38)(H,34,35). The molecule has 0 unspecified atom stereocenters. The second-order valence-corrected chi connectivity index (χ2v) is 9.88. The lowest BCUT2D eigenvalue weighted by Crippen LogP contribution is -2.25. The molecular formula is C27H24ClN9O2. The minimum Gasteiger partial charge on any atom is -0.382 e. The number of amides is 1. The summed E-state index contributed by atoms with van der Waals surface area (Å²) >= 11 is 6.11. The summed E-state index contributed by atoms with van der Waals surface area (Å²) in [6.07, 6.45) is 5.39. The lowest BCUT2D eigenvalue weighted by Gasteiger charge is -2.08. The van der Waals surface area contributed by atoms with Crippen molar-refractivity contribution in [2.45, 2.75) is 25.7 Å². The molecule has 0 aliphatic heterocycles. The van der Waals surface area contributed by atoms with Gasteiger partial charge in [0, 0.05) is 23.7 Å². The highest BCUT2D eigenvalue weighted by atomic mass is 35.5. The fourth-order valence-electron chi connectivity index (χ4n) is 4.45. The predicted octanol–water partition coefficient (Wildman–Crippen LogP) is 4.09. The maximum Gasteiger partial charge on any atom is 0.284 e. The Morgan fingerprint density at radius 1 is 1.10 bits per heavy atom. The zero-order valence-corrected chi connectivity index (χ0v) is 21.9. The van der Waals surface area contributed by atoms with Gasteiger partial charge in [0.05, 0.1) is 35.2 Å². The summed E-state index contributed by atoms with van der Waals surface area (Å²) in [5, 5.41) is 10.7. The van der Waals surface area contributed by atoms with E-state index in [0.29, 0.717) is 50.8 Å². The average Bonchev–Trinajstić information content (AvgIpc) is 3.60. The van der Waals surface area contributed by atoms with Crippen LogP contribution in [0, 0.1) is 6.92 Å². The molecule has 0 radical (unpaired) electrons. The van der Waals surface area contributed by atoms with Crippen molar-refractivity contribution >= 4 is 29.0 Å². The molecule has 39 heavy (non-hydrogen) atoms. The first-order chi connectivity index (χ1) is 18.8. The van der Waals surface area contributed by atoms with Crippen LogP contribution in [0.2, 0.25) is 5.02 Å². The molecule has 1 aliphatic carbocycles. The van der Waals surface area contributed by atoms with Gasteiger partial charge in [-0.3, -0.25) is 24.4 Å². The fourth-order valence-corrected chi connectivity index (χ4v) is 4.64. The number of rotatable bonds is 6. The van der Waals surface area contributed by atoms with Crippen LogP contribution in [0.5, 0.6) is 0 Å². The lowest BCUT2D eigenvalue weighted by molar-refractivity contribution is 0.102. The summed E-state index contributed by atoms with van der Waals surface area (Å²) in [5.74, 6) is 0.216. The second-order valence-electron chi connectivity index (χ2n) is 9.44. The molecule has 196 valence electrons. The lowest BCUT2D eigenvalue weighted by atomic mass is 10.2. The molecule has 11 nitrogen and oxygen atoms in total. The van der Waals surface area contributed by atoms with Crippen LogP contribution in [0.1, 0.15) is 40.5 Å². The van der Waals surface area contributed by atoms with Crippen molar-refractivity contribution in [3.8, 4) is 28.5 Å². The van der Waals surface area contributed by atoms with Crippen LogP contribution in [-0.2, 0) is 7.05 Å². The van der Waals surface area contributed by atoms with E-state index in [2.05, 4.69) is 30.5 Å². The molecule has 1 aliphatic rings. The number of aromatic nitrogens is 7. The molecule has 4 heterocycles. The van der Waals surface area contributed by atoms with Crippen molar-refractivity contribution in [2.75, 3.05) is 11.1 Å². The minimum atomic E-state index is -0.547. The van der Waals surface area contributed by atoms with Crippen molar-refractivity contribution in [3.63, 3.8) is 0 Å². The number of pyridine rings is 1. The van der Waals surface area contributed by atoms with Crippen LogP contribution in [0.25, 0.3) is 28.5 Å². The van der Waals surface area contributed by atoms with Gasteiger partial charge in [-0.1, -0.05) is 17.7 Å². The number of nitrogens with two attached hydrogens (primary N) is 1. The predicted molar refractivity (Wildman–Crippen MR) is 148 cm³/mol. The molecule has 0 bridgehead atoms. The first kappa shape index (κ1) is 24.6. The van der Waals surface area contributed by atoms with Gasteiger partial charge in [0.2, 0.25) is 0 Å². The third kappa shape index (κ3) is 4.57. The third-order valence-electron chi connectivity index (χ3n) is 6.78. The molecule has 4 N–H and O–H groups in total. The summed E-state index contributed by atoms with van der Waals surface area (Å²) in [4.78, 5) is 39.7. The van der Waals surface area contributed by atoms with Crippen LogP contribution < -0.4 is 16.6 Å².